The van der Waals surface area contributed by atoms with Crippen LogP contribution in [0.3, 0.4) is 0 Å². The highest BCUT2D eigenvalue weighted by Gasteiger charge is 2.25. The summed E-state index contributed by atoms with van der Waals surface area (Å²) in [6.45, 7) is 3.52. The van der Waals surface area contributed by atoms with Crippen molar-refractivity contribution in [2.24, 2.45) is 0 Å². The van der Waals surface area contributed by atoms with Crippen molar-refractivity contribution in [2.75, 3.05) is 29.9 Å². The summed E-state index contributed by atoms with van der Waals surface area (Å²) in [4.78, 5) is 26.2. The molecule has 2 aliphatic heterocycles. The largest absolute Gasteiger partial charge is 0.482 e. The van der Waals surface area contributed by atoms with E-state index in [9.17, 15) is 9.59 Å². The third-order valence-corrected chi connectivity index (χ3v) is 4.86. The minimum atomic E-state index is -0.211. The van der Waals surface area contributed by atoms with E-state index in [2.05, 4.69) is 40.7 Å². The van der Waals surface area contributed by atoms with Gasteiger partial charge >= 0.3 is 0 Å². The molecule has 2 aromatic rings. The number of hydrogen-bond donors (Lipinski definition) is 2. The molecule has 6 nitrogen and oxygen atoms in total. The van der Waals surface area contributed by atoms with Crippen LogP contribution in [0.4, 0.5) is 11.4 Å². The first-order chi connectivity index (χ1) is 12.6. The number of rotatable bonds is 4. The lowest BCUT2D eigenvalue weighted by Crippen LogP contribution is -2.38. The number of carbonyl (C=O) groups is 2. The van der Waals surface area contributed by atoms with E-state index in [-0.39, 0.29) is 18.4 Å². The van der Waals surface area contributed by atoms with Gasteiger partial charge in [-0.1, -0.05) is 18.2 Å². The van der Waals surface area contributed by atoms with Crippen molar-refractivity contribution < 1.29 is 14.3 Å². The van der Waals surface area contributed by atoms with Crippen LogP contribution in [0.15, 0.2) is 42.5 Å². The van der Waals surface area contributed by atoms with Crippen molar-refractivity contribution in [3.63, 3.8) is 0 Å². The lowest BCUT2D eigenvalue weighted by molar-refractivity contribution is -0.118. The van der Waals surface area contributed by atoms with Gasteiger partial charge in [0.2, 0.25) is 0 Å². The lowest BCUT2D eigenvalue weighted by atomic mass is 10.1. The van der Waals surface area contributed by atoms with Crippen LogP contribution in [-0.2, 0) is 11.2 Å². The summed E-state index contributed by atoms with van der Waals surface area (Å²) in [7, 11) is 0. The average Bonchev–Trinajstić information content (AvgIpc) is 2.96. The molecule has 134 valence electrons. The van der Waals surface area contributed by atoms with Crippen LogP contribution in [0.2, 0.25) is 0 Å². The number of amides is 2. The fraction of sp³-hybridized carbons (Fsp3) is 0.300. The number of para-hydroxylation sites is 1. The first-order valence-corrected chi connectivity index (χ1v) is 8.81. The molecule has 0 aliphatic carbocycles. The molecule has 2 heterocycles. The molecule has 2 amide bonds. The normalized spacial score (nSPS) is 17.8. The van der Waals surface area contributed by atoms with Gasteiger partial charge < -0.3 is 20.3 Å². The van der Waals surface area contributed by atoms with Crippen LogP contribution in [-0.4, -0.2) is 37.6 Å². The first-order valence-electron chi connectivity index (χ1n) is 8.81. The highest BCUT2D eigenvalue weighted by Crippen LogP contribution is 2.31. The molecule has 0 spiro atoms. The number of anilines is 2. The maximum absolute atomic E-state index is 12.4. The fourth-order valence-electron chi connectivity index (χ4n) is 3.59. The third kappa shape index (κ3) is 3.10. The van der Waals surface area contributed by atoms with Crippen molar-refractivity contribution in [1.82, 2.24) is 5.32 Å². The molecular weight excluding hydrogens is 330 g/mol. The van der Waals surface area contributed by atoms with Gasteiger partial charge in [-0.15, -0.1) is 0 Å². The Hall–Kier alpha value is -3.02. The molecular formula is C20H21N3O3. The van der Waals surface area contributed by atoms with Gasteiger partial charge in [0.15, 0.2) is 6.61 Å². The van der Waals surface area contributed by atoms with E-state index in [0.29, 0.717) is 29.6 Å². The number of carbonyl (C=O) groups excluding carboxylic acids is 2. The number of ether oxygens (including phenoxy) is 1. The Kier molecular flexibility index (Phi) is 4.24. The third-order valence-electron chi connectivity index (χ3n) is 4.86. The van der Waals surface area contributed by atoms with E-state index in [1.807, 2.05) is 6.07 Å². The van der Waals surface area contributed by atoms with E-state index in [0.717, 1.165) is 13.0 Å². The highest BCUT2D eigenvalue weighted by atomic mass is 16.5. The summed E-state index contributed by atoms with van der Waals surface area (Å²) in [5.41, 5.74) is 3.65. The number of nitrogens with zero attached hydrogens (tertiary/aromatic N) is 1. The standard InChI is InChI=1S/C20H21N3O3/c1-13-10-14-4-2-3-5-17(14)23(13)9-8-21-20(25)15-6-7-18-16(11-15)22-19(24)12-26-18/h2-7,11,13H,8-10,12H2,1H3,(H,21,25)(H,22,24). The summed E-state index contributed by atoms with van der Waals surface area (Å²) >= 11 is 0. The molecule has 2 aliphatic rings. The molecule has 0 bridgehead atoms. The van der Waals surface area contributed by atoms with Gasteiger partial charge in [0, 0.05) is 30.4 Å². The van der Waals surface area contributed by atoms with Crippen molar-refractivity contribution >= 4 is 23.2 Å². The van der Waals surface area contributed by atoms with Crippen LogP contribution < -0.4 is 20.3 Å². The minimum absolute atomic E-state index is 0.00797. The van der Waals surface area contributed by atoms with Crippen LogP contribution >= 0.6 is 0 Å². The van der Waals surface area contributed by atoms with Gasteiger partial charge in [-0.2, -0.15) is 0 Å². The molecule has 0 fully saturated rings. The zero-order valence-corrected chi connectivity index (χ0v) is 14.6. The SMILES string of the molecule is CC1Cc2ccccc2N1CCNC(=O)c1ccc2c(c1)NC(=O)CO2. The van der Waals surface area contributed by atoms with E-state index < -0.39 is 0 Å². The molecule has 1 unspecified atom stereocenters. The van der Waals surface area contributed by atoms with Crippen molar-refractivity contribution in [3.8, 4) is 5.75 Å². The maximum atomic E-state index is 12.4. The summed E-state index contributed by atoms with van der Waals surface area (Å²) in [5, 5.41) is 5.68. The topological polar surface area (TPSA) is 70.7 Å². The number of nitrogens with one attached hydrogen (secondary N) is 2. The molecule has 2 N–H and O–H groups in total. The van der Waals surface area contributed by atoms with Crippen molar-refractivity contribution in [3.05, 3.63) is 53.6 Å². The number of benzene rings is 2. The van der Waals surface area contributed by atoms with Crippen LogP contribution in [0.1, 0.15) is 22.8 Å². The first kappa shape index (κ1) is 16.4. The number of fused-ring (bicyclic) bond motifs is 2. The predicted molar refractivity (Wildman–Crippen MR) is 99.9 cm³/mol. The van der Waals surface area contributed by atoms with Gasteiger partial charge in [-0.05, 0) is 43.2 Å². The Bertz CT molecular complexity index is 865. The summed E-state index contributed by atoms with van der Waals surface area (Å²) in [6, 6.07) is 13.9. The lowest BCUT2D eigenvalue weighted by Gasteiger charge is -2.25. The Morgan fingerprint density at radius 2 is 2.15 bits per heavy atom. The van der Waals surface area contributed by atoms with Gasteiger partial charge in [-0.3, -0.25) is 9.59 Å². The predicted octanol–water partition coefficient (Wildman–Crippen LogP) is 2.20. The molecule has 2 aromatic carbocycles. The molecule has 0 saturated heterocycles. The monoisotopic (exact) mass is 351 g/mol. The highest BCUT2D eigenvalue weighted by molar-refractivity contribution is 5.99. The van der Waals surface area contributed by atoms with E-state index in [4.69, 9.17) is 4.74 Å². The summed E-state index contributed by atoms with van der Waals surface area (Å²) < 4.78 is 5.31. The smallest absolute Gasteiger partial charge is 0.262 e. The summed E-state index contributed by atoms with van der Waals surface area (Å²) in [6.07, 6.45) is 1.04. The Balaban J connectivity index is 1.38. The quantitative estimate of drug-likeness (QED) is 0.886. The Morgan fingerprint density at radius 3 is 3.04 bits per heavy atom. The average molecular weight is 351 g/mol. The second kappa shape index (κ2) is 6.71. The molecule has 1 atom stereocenters. The maximum Gasteiger partial charge on any atom is 0.262 e. The van der Waals surface area contributed by atoms with Crippen molar-refractivity contribution in [1.29, 1.82) is 0 Å². The van der Waals surface area contributed by atoms with E-state index >= 15 is 0 Å². The summed E-state index contributed by atoms with van der Waals surface area (Å²) in [5.74, 6) is 0.216. The van der Waals surface area contributed by atoms with Gasteiger partial charge in [0.1, 0.15) is 5.75 Å². The van der Waals surface area contributed by atoms with Crippen LogP contribution in [0.25, 0.3) is 0 Å². The van der Waals surface area contributed by atoms with Crippen LogP contribution in [0.5, 0.6) is 5.75 Å². The van der Waals surface area contributed by atoms with Gasteiger partial charge in [0.05, 0.1) is 5.69 Å². The molecule has 0 radical (unpaired) electrons. The molecule has 6 heteroatoms. The zero-order chi connectivity index (χ0) is 18.1. The van der Waals surface area contributed by atoms with Crippen LogP contribution in [0, 0.1) is 0 Å². The molecule has 0 saturated carbocycles. The molecule has 0 aromatic heterocycles. The van der Waals surface area contributed by atoms with Gasteiger partial charge in [-0.25, -0.2) is 0 Å². The number of hydrogen-bond acceptors (Lipinski definition) is 4. The van der Waals surface area contributed by atoms with Crippen molar-refractivity contribution in [2.45, 2.75) is 19.4 Å². The van der Waals surface area contributed by atoms with E-state index in [1.165, 1.54) is 11.3 Å². The Labute approximate surface area is 152 Å². The Morgan fingerprint density at radius 1 is 1.31 bits per heavy atom. The molecule has 4 rings (SSSR count). The van der Waals surface area contributed by atoms with E-state index in [1.54, 1.807) is 18.2 Å². The minimum Gasteiger partial charge on any atom is -0.482 e. The molecule has 26 heavy (non-hydrogen) atoms. The second-order valence-electron chi connectivity index (χ2n) is 6.68. The second-order valence-corrected chi connectivity index (χ2v) is 6.68. The fourth-order valence-corrected chi connectivity index (χ4v) is 3.59. The van der Waals surface area contributed by atoms with Gasteiger partial charge in [0.25, 0.3) is 11.8 Å². The zero-order valence-electron chi connectivity index (χ0n) is 14.6.